The van der Waals surface area contributed by atoms with Crippen molar-refractivity contribution in [2.75, 3.05) is 5.73 Å². The summed E-state index contributed by atoms with van der Waals surface area (Å²) in [6.07, 6.45) is 0. The standard InChI is InChI=1S/C14H12BrNO/c1-9-4-2-3-5-11(9)14(17)12-7-6-10(16)8-13(12)15/h2-8H,16H2,1H3. The monoisotopic (exact) mass is 289 g/mol. The van der Waals surface area contributed by atoms with Crippen molar-refractivity contribution in [3.63, 3.8) is 0 Å². The molecule has 0 aromatic heterocycles. The molecule has 0 atom stereocenters. The number of halogens is 1. The van der Waals surface area contributed by atoms with Crippen molar-refractivity contribution in [3.8, 4) is 0 Å². The molecule has 2 N–H and O–H groups in total. The van der Waals surface area contributed by atoms with E-state index in [0.717, 1.165) is 15.6 Å². The van der Waals surface area contributed by atoms with Gasteiger partial charge in [-0.05, 0) is 46.6 Å². The van der Waals surface area contributed by atoms with Crippen molar-refractivity contribution in [1.82, 2.24) is 0 Å². The summed E-state index contributed by atoms with van der Waals surface area (Å²) in [5.74, 6) is 0.00924. The van der Waals surface area contributed by atoms with E-state index in [0.29, 0.717) is 11.3 Å². The normalized spacial score (nSPS) is 10.2. The van der Waals surface area contributed by atoms with Crippen LogP contribution in [-0.2, 0) is 0 Å². The van der Waals surface area contributed by atoms with Crippen LogP contribution in [0.5, 0.6) is 0 Å². The Bertz CT molecular complexity index is 578. The summed E-state index contributed by atoms with van der Waals surface area (Å²) < 4.78 is 0.728. The molecule has 2 aromatic rings. The molecule has 0 heterocycles. The summed E-state index contributed by atoms with van der Waals surface area (Å²) in [5, 5.41) is 0. The number of carbonyl (C=O) groups excluding carboxylic acids is 1. The van der Waals surface area contributed by atoms with Gasteiger partial charge in [-0.15, -0.1) is 0 Å². The van der Waals surface area contributed by atoms with Gasteiger partial charge in [-0.1, -0.05) is 24.3 Å². The number of carbonyl (C=O) groups is 1. The van der Waals surface area contributed by atoms with Crippen LogP contribution in [0.3, 0.4) is 0 Å². The number of hydrogen-bond donors (Lipinski definition) is 1. The number of hydrogen-bond acceptors (Lipinski definition) is 2. The maximum atomic E-state index is 12.3. The lowest BCUT2D eigenvalue weighted by molar-refractivity contribution is 0.103. The van der Waals surface area contributed by atoms with Crippen LogP contribution in [0.15, 0.2) is 46.9 Å². The maximum absolute atomic E-state index is 12.3. The highest BCUT2D eigenvalue weighted by atomic mass is 79.9. The van der Waals surface area contributed by atoms with E-state index in [4.69, 9.17) is 5.73 Å². The first-order chi connectivity index (χ1) is 8.09. The molecular formula is C14H12BrNO. The van der Waals surface area contributed by atoms with Crippen molar-refractivity contribution < 1.29 is 4.79 Å². The minimum absolute atomic E-state index is 0.00924. The lowest BCUT2D eigenvalue weighted by Crippen LogP contribution is -2.04. The molecule has 17 heavy (non-hydrogen) atoms. The molecule has 0 unspecified atom stereocenters. The van der Waals surface area contributed by atoms with Crippen LogP contribution in [0.25, 0.3) is 0 Å². The quantitative estimate of drug-likeness (QED) is 0.678. The fourth-order valence-electron chi connectivity index (χ4n) is 1.69. The summed E-state index contributed by atoms with van der Waals surface area (Å²) in [4.78, 5) is 12.3. The second-order valence-electron chi connectivity index (χ2n) is 3.88. The minimum Gasteiger partial charge on any atom is -0.399 e. The van der Waals surface area contributed by atoms with Gasteiger partial charge >= 0.3 is 0 Å². The molecule has 0 saturated carbocycles. The van der Waals surface area contributed by atoms with Gasteiger partial charge in [0.25, 0.3) is 0 Å². The molecule has 0 amide bonds. The third-order valence-corrected chi connectivity index (χ3v) is 3.28. The maximum Gasteiger partial charge on any atom is 0.194 e. The summed E-state index contributed by atoms with van der Waals surface area (Å²) in [6, 6.07) is 12.8. The first kappa shape index (κ1) is 11.9. The summed E-state index contributed by atoms with van der Waals surface area (Å²) in [5.41, 5.74) is 8.62. The third kappa shape index (κ3) is 2.39. The fraction of sp³-hybridized carbons (Fsp3) is 0.0714. The van der Waals surface area contributed by atoms with E-state index in [1.165, 1.54) is 0 Å². The molecule has 0 aliphatic rings. The van der Waals surface area contributed by atoms with E-state index in [-0.39, 0.29) is 5.78 Å². The van der Waals surface area contributed by atoms with Crippen molar-refractivity contribution in [2.24, 2.45) is 0 Å². The molecule has 0 spiro atoms. The number of benzene rings is 2. The Labute approximate surface area is 109 Å². The van der Waals surface area contributed by atoms with Crippen LogP contribution in [0.4, 0.5) is 5.69 Å². The average Bonchev–Trinajstić information content (AvgIpc) is 2.29. The van der Waals surface area contributed by atoms with E-state index in [2.05, 4.69) is 15.9 Å². The number of nitrogens with two attached hydrogens (primary N) is 1. The van der Waals surface area contributed by atoms with Crippen LogP contribution < -0.4 is 5.73 Å². The van der Waals surface area contributed by atoms with Gasteiger partial charge in [-0.25, -0.2) is 0 Å². The van der Waals surface area contributed by atoms with Crippen LogP contribution in [0.1, 0.15) is 21.5 Å². The van der Waals surface area contributed by atoms with Crippen LogP contribution >= 0.6 is 15.9 Å². The Morgan fingerprint density at radius 3 is 2.47 bits per heavy atom. The van der Waals surface area contributed by atoms with E-state index in [9.17, 15) is 4.79 Å². The fourth-order valence-corrected chi connectivity index (χ4v) is 2.26. The predicted molar refractivity (Wildman–Crippen MR) is 73.2 cm³/mol. The van der Waals surface area contributed by atoms with Crippen molar-refractivity contribution in [2.45, 2.75) is 6.92 Å². The molecule has 0 saturated heterocycles. The summed E-state index contributed by atoms with van der Waals surface area (Å²) in [7, 11) is 0. The zero-order valence-corrected chi connectivity index (χ0v) is 11.0. The van der Waals surface area contributed by atoms with Crippen LogP contribution in [0.2, 0.25) is 0 Å². The number of nitrogen functional groups attached to an aromatic ring is 1. The zero-order valence-electron chi connectivity index (χ0n) is 9.41. The molecule has 0 bridgehead atoms. The number of rotatable bonds is 2. The molecule has 0 aliphatic carbocycles. The highest BCUT2D eigenvalue weighted by molar-refractivity contribution is 9.10. The smallest absolute Gasteiger partial charge is 0.194 e. The zero-order chi connectivity index (χ0) is 12.4. The highest BCUT2D eigenvalue weighted by Gasteiger charge is 2.14. The number of ketones is 1. The van der Waals surface area contributed by atoms with Gasteiger partial charge in [0.2, 0.25) is 0 Å². The molecule has 0 radical (unpaired) electrons. The molecule has 2 rings (SSSR count). The Kier molecular flexibility index (Phi) is 3.29. The molecule has 86 valence electrons. The summed E-state index contributed by atoms with van der Waals surface area (Å²) >= 11 is 3.37. The Balaban J connectivity index is 2.48. The lowest BCUT2D eigenvalue weighted by Gasteiger charge is -2.07. The van der Waals surface area contributed by atoms with Gasteiger partial charge in [-0.3, -0.25) is 4.79 Å². The van der Waals surface area contributed by atoms with E-state index >= 15 is 0 Å². The van der Waals surface area contributed by atoms with Gasteiger partial charge in [0.1, 0.15) is 0 Å². The van der Waals surface area contributed by atoms with E-state index in [1.54, 1.807) is 18.2 Å². The van der Waals surface area contributed by atoms with Gasteiger partial charge in [-0.2, -0.15) is 0 Å². The van der Waals surface area contributed by atoms with Crippen LogP contribution in [0, 0.1) is 6.92 Å². The van der Waals surface area contributed by atoms with Gasteiger partial charge < -0.3 is 5.73 Å². The van der Waals surface area contributed by atoms with Crippen molar-refractivity contribution in [1.29, 1.82) is 0 Å². The molecule has 0 aliphatic heterocycles. The number of aryl methyl sites for hydroxylation is 1. The third-order valence-electron chi connectivity index (χ3n) is 2.63. The first-order valence-electron chi connectivity index (χ1n) is 5.25. The first-order valence-corrected chi connectivity index (χ1v) is 6.04. The molecular weight excluding hydrogens is 278 g/mol. The van der Waals surface area contributed by atoms with Gasteiger partial charge in [0, 0.05) is 21.3 Å². The molecule has 2 aromatic carbocycles. The largest absolute Gasteiger partial charge is 0.399 e. The Morgan fingerprint density at radius 2 is 1.82 bits per heavy atom. The van der Waals surface area contributed by atoms with E-state index < -0.39 is 0 Å². The average molecular weight is 290 g/mol. The lowest BCUT2D eigenvalue weighted by atomic mass is 9.99. The Hall–Kier alpha value is -1.61. The van der Waals surface area contributed by atoms with Gasteiger partial charge in [0.05, 0.1) is 0 Å². The SMILES string of the molecule is Cc1ccccc1C(=O)c1ccc(N)cc1Br. The van der Waals surface area contributed by atoms with Crippen molar-refractivity contribution in [3.05, 3.63) is 63.6 Å². The highest BCUT2D eigenvalue weighted by Crippen LogP contribution is 2.23. The predicted octanol–water partition coefficient (Wildman–Crippen LogP) is 3.57. The number of anilines is 1. The minimum atomic E-state index is 0.00924. The van der Waals surface area contributed by atoms with E-state index in [1.807, 2.05) is 31.2 Å². The van der Waals surface area contributed by atoms with Crippen LogP contribution in [-0.4, -0.2) is 5.78 Å². The summed E-state index contributed by atoms with van der Waals surface area (Å²) in [6.45, 7) is 1.93. The molecule has 3 heteroatoms. The second kappa shape index (κ2) is 4.72. The topological polar surface area (TPSA) is 43.1 Å². The second-order valence-corrected chi connectivity index (χ2v) is 4.74. The van der Waals surface area contributed by atoms with Crippen molar-refractivity contribution >= 4 is 27.4 Å². The Morgan fingerprint density at radius 1 is 1.12 bits per heavy atom. The molecule has 0 fully saturated rings. The molecule has 2 nitrogen and oxygen atoms in total. The van der Waals surface area contributed by atoms with Gasteiger partial charge in [0.15, 0.2) is 5.78 Å².